The van der Waals surface area contributed by atoms with Crippen LogP contribution in [0, 0.1) is 11.6 Å². The second-order valence-electron chi connectivity index (χ2n) is 4.45. The summed E-state index contributed by atoms with van der Waals surface area (Å²) in [6.07, 6.45) is 0. The van der Waals surface area contributed by atoms with E-state index < -0.39 is 11.9 Å². The molecule has 0 bridgehead atoms. The fraction of sp³-hybridized carbons (Fsp3) is 0.0667. The lowest BCUT2D eigenvalue weighted by molar-refractivity contribution is 0.500. The van der Waals surface area contributed by atoms with Crippen LogP contribution in [0.1, 0.15) is 17.4 Å². The van der Waals surface area contributed by atoms with Gasteiger partial charge in [0.15, 0.2) is 11.4 Å². The first-order valence-electron chi connectivity index (χ1n) is 5.95. The highest BCUT2D eigenvalue weighted by atomic mass is 79.9. The van der Waals surface area contributed by atoms with E-state index in [0.717, 1.165) is 0 Å². The molecule has 0 saturated carbocycles. The summed E-state index contributed by atoms with van der Waals surface area (Å²) in [5.74, 6) is -0.448. The first kappa shape index (κ1) is 13.3. The van der Waals surface area contributed by atoms with Crippen molar-refractivity contribution in [3.05, 3.63) is 69.9 Å². The molecule has 3 rings (SSSR count). The van der Waals surface area contributed by atoms with Gasteiger partial charge in [0.2, 0.25) is 0 Å². The van der Waals surface area contributed by atoms with Gasteiger partial charge in [-0.25, -0.2) is 8.78 Å². The smallest absolute Gasteiger partial charge is 0.169 e. The molecule has 1 heterocycles. The van der Waals surface area contributed by atoms with Crippen molar-refractivity contribution in [3.63, 3.8) is 0 Å². The van der Waals surface area contributed by atoms with E-state index in [9.17, 15) is 8.78 Å². The minimum atomic E-state index is -0.674. The van der Waals surface area contributed by atoms with E-state index in [2.05, 4.69) is 15.9 Å². The van der Waals surface area contributed by atoms with Gasteiger partial charge in [0.05, 0.1) is 6.04 Å². The highest BCUT2D eigenvalue weighted by Crippen LogP contribution is 2.31. The Balaban J connectivity index is 2.10. The molecule has 2 N–H and O–H groups in total. The lowest BCUT2D eigenvalue weighted by Crippen LogP contribution is -2.11. The topological polar surface area (TPSA) is 39.2 Å². The van der Waals surface area contributed by atoms with Gasteiger partial charge in [-0.2, -0.15) is 0 Å². The van der Waals surface area contributed by atoms with E-state index in [1.807, 2.05) is 0 Å². The molecule has 0 saturated heterocycles. The molecular formula is C15H10BrF2NO. The Bertz CT molecular complexity index is 785. The summed E-state index contributed by atoms with van der Waals surface area (Å²) < 4.78 is 33.1. The molecule has 0 spiro atoms. The Morgan fingerprint density at radius 3 is 2.65 bits per heavy atom. The van der Waals surface area contributed by atoms with Crippen molar-refractivity contribution >= 4 is 26.9 Å². The number of para-hydroxylation sites is 1. The first-order chi connectivity index (χ1) is 9.56. The van der Waals surface area contributed by atoms with Crippen LogP contribution in [0.4, 0.5) is 8.78 Å². The maximum atomic E-state index is 13.6. The van der Waals surface area contributed by atoms with Crippen LogP contribution in [0.15, 0.2) is 51.4 Å². The van der Waals surface area contributed by atoms with Crippen molar-refractivity contribution in [2.24, 2.45) is 5.73 Å². The normalized spacial score (nSPS) is 12.8. The van der Waals surface area contributed by atoms with Crippen molar-refractivity contribution in [1.29, 1.82) is 0 Å². The van der Waals surface area contributed by atoms with E-state index >= 15 is 0 Å². The molecule has 1 atom stereocenters. The van der Waals surface area contributed by atoms with Gasteiger partial charge in [-0.3, -0.25) is 0 Å². The van der Waals surface area contributed by atoms with Crippen molar-refractivity contribution < 1.29 is 13.2 Å². The monoisotopic (exact) mass is 337 g/mol. The van der Waals surface area contributed by atoms with Crippen molar-refractivity contribution in [2.45, 2.75) is 6.04 Å². The van der Waals surface area contributed by atoms with Crippen molar-refractivity contribution in [3.8, 4) is 0 Å². The Hall–Kier alpha value is -1.72. The quantitative estimate of drug-likeness (QED) is 0.746. The fourth-order valence-corrected chi connectivity index (χ4v) is 2.60. The summed E-state index contributed by atoms with van der Waals surface area (Å²) in [6.45, 7) is 0. The van der Waals surface area contributed by atoms with Crippen LogP contribution >= 0.6 is 15.9 Å². The van der Waals surface area contributed by atoms with E-state index in [-0.39, 0.29) is 11.4 Å². The largest absolute Gasteiger partial charge is 0.456 e. The molecule has 20 heavy (non-hydrogen) atoms. The number of furan rings is 1. The summed E-state index contributed by atoms with van der Waals surface area (Å²) in [7, 11) is 0. The van der Waals surface area contributed by atoms with Gasteiger partial charge in [-0.05, 0) is 35.9 Å². The molecule has 2 nitrogen and oxygen atoms in total. The average Bonchev–Trinajstić information content (AvgIpc) is 2.86. The lowest BCUT2D eigenvalue weighted by atomic mass is 10.1. The average molecular weight is 338 g/mol. The van der Waals surface area contributed by atoms with E-state index in [4.69, 9.17) is 10.2 Å². The van der Waals surface area contributed by atoms with Crippen LogP contribution in [0.3, 0.4) is 0 Å². The van der Waals surface area contributed by atoms with Gasteiger partial charge in [0, 0.05) is 9.86 Å². The zero-order valence-electron chi connectivity index (χ0n) is 10.2. The Labute approximate surface area is 122 Å². The molecule has 0 aliphatic heterocycles. The van der Waals surface area contributed by atoms with Gasteiger partial charge in [0.25, 0.3) is 0 Å². The van der Waals surface area contributed by atoms with Crippen LogP contribution in [0.5, 0.6) is 0 Å². The number of benzene rings is 2. The van der Waals surface area contributed by atoms with Gasteiger partial charge in [-0.15, -0.1) is 0 Å². The molecule has 3 aromatic rings. The number of nitrogens with two attached hydrogens (primary N) is 1. The van der Waals surface area contributed by atoms with Gasteiger partial charge in [0.1, 0.15) is 11.6 Å². The van der Waals surface area contributed by atoms with Crippen molar-refractivity contribution in [1.82, 2.24) is 0 Å². The zero-order chi connectivity index (χ0) is 14.3. The predicted octanol–water partition coefficient (Wildman–Crippen LogP) is 4.52. The van der Waals surface area contributed by atoms with Gasteiger partial charge < -0.3 is 10.2 Å². The molecule has 2 aromatic carbocycles. The standard InChI is InChI=1S/C15H10BrF2NO/c16-11-5-4-9(17)7-10(11)14(19)13-6-8-2-1-3-12(18)15(8)20-13/h1-7,14H,19H2. The van der Waals surface area contributed by atoms with Gasteiger partial charge in [-0.1, -0.05) is 28.1 Å². The maximum absolute atomic E-state index is 13.6. The molecule has 102 valence electrons. The number of fused-ring (bicyclic) bond motifs is 1. The van der Waals surface area contributed by atoms with E-state index in [0.29, 0.717) is 21.2 Å². The zero-order valence-corrected chi connectivity index (χ0v) is 11.8. The molecule has 0 amide bonds. The van der Waals surface area contributed by atoms with E-state index in [1.165, 1.54) is 18.2 Å². The van der Waals surface area contributed by atoms with Crippen LogP contribution in [-0.2, 0) is 0 Å². The lowest BCUT2D eigenvalue weighted by Gasteiger charge is -2.11. The Morgan fingerprint density at radius 1 is 1.10 bits per heavy atom. The number of hydrogen-bond acceptors (Lipinski definition) is 2. The molecule has 0 aliphatic carbocycles. The molecule has 1 unspecified atom stereocenters. The fourth-order valence-electron chi connectivity index (χ4n) is 2.11. The Morgan fingerprint density at radius 2 is 1.90 bits per heavy atom. The van der Waals surface area contributed by atoms with Crippen molar-refractivity contribution in [2.75, 3.05) is 0 Å². The first-order valence-corrected chi connectivity index (χ1v) is 6.74. The molecule has 0 fully saturated rings. The highest BCUT2D eigenvalue weighted by Gasteiger charge is 2.18. The summed E-state index contributed by atoms with van der Waals surface area (Å²) in [6, 6.07) is 9.89. The molecule has 1 aromatic heterocycles. The van der Waals surface area contributed by atoms with Gasteiger partial charge >= 0.3 is 0 Å². The van der Waals surface area contributed by atoms with Crippen LogP contribution in [-0.4, -0.2) is 0 Å². The third-order valence-electron chi connectivity index (χ3n) is 3.11. The predicted molar refractivity (Wildman–Crippen MR) is 76.3 cm³/mol. The highest BCUT2D eigenvalue weighted by molar-refractivity contribution is 9.10. The SMILES string of the molecule is NC(c1cc2cccc(F)c2o1)c1cc(F)ccc1Br. The summed E-state index contributed by atoms with van der Waals surface area (Å²) in [5.41, 5.74) is 6.79. The molecule has 5 heteroatoms. The third kappa shape index (κ3) is 2.23. The third-order valence-corrected chi connectivity index (χ3v) is 3.84. The van der Waals surface area contributed by atoms with Crippen LogP contribution in [0.25, 0.3) is 11.0 Å². The minimum absolute atomic E-state index is 0.158. The molecule has 0 aliphatic rings. The second kappa shape index (κ2) is 5.00. The Kier molecular flexibility index (Phi) is 3.31. The second-order valence-corrected chi connectivity index (χ2v) is 5.30. The number of halogens is 3. The minimum Gasteiger partial charge on any atom is -0.456 e. The number of hydrogen-bond donors (Lipinski definition) is 1. The summed E-state index contributed by atoms with van der Waals surface area (Å²) in [5, 5.41) is 0.628. The summed E-state index contributed by atoms with van der Waals surface area (Å²) in [4.78, 5) is 0. The molecular weight excluding hydrogens is 328 g/mol. The number of rotatable bonds is 2. The van der Waals surface area contributed by atoms with Crippen LogP contribution in [0.2, 0.25) is 0 Å². The van der Waals surface area contributed by atoms with E-state index in [1.54, 1.807) is 24.3 Å². The van der Waals surface area contributed by atoms with Crippen LogP contribution < -0.4 is 5.73 Å². The molecule has 0 radical (unpaired) electrons. The summed E-state index contributed by atoms with van der Waals surface area (Å²) >= 11 is 3.32. The maximum Gasteiger partial charge on any atom is 0.169 e.